The fourth-order valence-corrected chi connectivity index (χ4v) is 2.59. The molecular weight excluding hydrogens is 250 g/mol. The van der Waals surface area contributed by atoms with E-state index in [0.29, 0.717) is 10.6 Å². The van der Waals surface area contributed by atoms with E-state index >= 15 is 0 Å². The molecular formula is C13H15NO3S. The van der Waals surface area contributed by atoms with Gasteiger partial charge in [0.25, 0.3) is 0 Å². The van der Waals surface area contributed by atoms with Gasteiger partial charge in [-0.1, -0.05) is 20.8 Å². The Hall–Kier alpha value is -1.62. The second-order valence-corrected chi connectivity index (χ2v) is 6.16. The molecule has 0 amide bonds. The van der Waals surface area contributed by atoms with Gasteiger partial charge in [-0.05, 0) is 19.1 Å². The lowest BCUT2D eigenvalue weighted by molar-refractivity contribution is 0.0691. The van der Waals surface area contributed by atoms with E-state index in [1.54, 1.807) is 6.07 Å². The number of rotatable bonds is 2. The van der Waals surface area contributed by atoms with Gasteiger partial charge in [-0.3, -0.25) is 0 Å². The highest BCUT2D eigenvalue weighted by atomic mass is 32.1. The number of furan rings is 1. The van der Waals surface area contributed by atoms with E-state index in [1.807, 2.05) is 33.8 Å². The van der Waals surface area contributed by atoms with Gasteiger partial charge >= 0.3 is 5.97 Å². The van der Waals surface area contributed by atoms with Crippen molar-refractivity contribution in [2.45, 2.75) is 33.1 Å². The minimum absolute atomic E-state index is 0.0688. The van der Waals surface area contributed by atoms with E-state index in [9.17, 15) is 9.90 Å². The predicted octanol–water partition coefficient (Wildman–Crippen LogP) is 3.71. The van der Waals surface area contributed by atoms with Crippen LogP contribution in [0.2, 0.25) is 0 Å². The van der Waals surface area contributed by atoms with Gasteiger partial charge in [-0.2, -0.15) is 0 Å². The van der Waals surface area contributed by atoms with Crippen molar-refractivity contribution in [2.24, 2.45) is 0 Å². The van der Waals surface area contributed by atoms with Gasteiger partial charge in [0.2, 0.25) is 0 Å². The monoisotopic (exact) mass is 265 g/mol. The molecule has 0 aliphatic heterocycles. The normalized spacial score (nSPS) is 11.8. The maximum absolute atomic E-state index is 11.2. The topological polar surface area (TPSA) is 63.3 Å². The van der Waals surface area contributed by atoms with Crippen LogP contribution in [0.3, 0.4) is 0 Å². The largest absolute Gasteiger partial charge is 0.476 e. The van der Waals surface area contributed by atoms with Crippen molar-refractivity contribution >= 4 is 17.3 Å². The molecule has 0 unspecified atom stereocenters. The van der Waals surface area contributed by atoms with Crippen molar-refractivity contribution in [1.29, 1.82) is 0 Å². The van der Waals surface area contributed by atoms with E-state index in [1.165, 1.54) is 11.3 Å². The molecule has 0 aromatic carbocycles. The summed E-state index contributed by atoms with van der Waals surface area (Å²) in [6.45, 7) is 7.85. The number of hydrogen-bond donors (Lipinski definition) is 1. The molecule has 2 aromatic rings. The second kappa shape index (κ2) is 4.24. The molecule has 0 saturated carbocycles. The number of hydrogen-bond acceptors (Lipinski definition) is 4. The zero-order chi connectivity index (χ0) is 13.5. The number of carboxylic acid groups (broad SMARTS) is 1. The Morgan fingerprint density at radius 3 is 2.50 bits per heavy atom. The molecule has 18 heavy (non-hydrogen) atoms. The minimum atomic E-state index is -1.02. The first-order valence-electron chi connectivity index (χ1n) is 5.60. The van der Waals surface area contributed by atoms with Gasteiger partial charge in [-0.25, -0.2) is 9.78 Å². The number of aromatic nitrogens is 1. The number of aromatic carboxylic acids is 1. The molecule has 96 valence electrons. The third-order valence-corrected chi connectivity index (χ3v) is 3.93. The van der Waals surface area contributed by atoms with Crippen molar-refractivity contribution in [3.63, 3.8) is 0 Å². The minimum Gasteiger partial charge on any atom is -0.476 e. The lowest BCUT2D eigenvalue weighted by Crippen LogP contribution is -2.11. The molecule has 0 bridgehead atoms. The summed E-state index contributed by atoms with van der Waals surface area (Å²) in [5, 5.41) is 10.0. The van der Waals surface area contributed by atoms with Crippen molar-refractivity contribution in [3.8, 4) is 10.6 Å². The van der Waals surface area contributed by atoms with Crippen LogP contribution in [0.4, 0.5) is 0 Å². The predicted molar refractivity (Wildman–Crippen MR) is 70.2 cm³/mol. The number of aryl methyl sites for hydroxylation is 1. The SMILES string of the molecule is Cc1ccc(-c2sc(C(C)(C)C)nc2C(=O)O)o1. The van der Waals surface area contributed by atoms with Gasteiger partial charge < -0.3 is 9.52 Å². The summed E-state index contributed by atoms with van der Waals surface area (Å²) in [6.07, 6.45) is 0. The van der Waals surface area contributed by atoms with Gasteiger partial charge in [0.1, 0.15) is 16.4 Å². The summed E-state index contributed by atoms with van der Waals surface area (Å²) >= 11 is 1.38. The van der Waals surface area contributed by atoms with Crippen LogP contribution in [-0.4, -0.2) is 16.1 Å². The summed E-state index contributed by atoms with van der Waals surface area (Å²) < 4.78 is 5.49. The first kappa shape index (κ1) is 12.8. The van der Waals surface area contributed by atoms with E-state index in [2.05, 4.69) is 4.98 Å². The van der Waals surface area contributed by atoms with E-state index in [-0.39, 0.29) is 11.1 Å². The van der Waals surface area contributed by atoms with Crippen LogP contribution in [0, 0.1) is 6.92 Å². The van der Waals surface area contributed by atoms with Crippen molar-refractivity contribution in [3.05, 3.63) is 28.6 Å². The first-order chi connectivity index (χ1) is 8.29. The smallest absolute Gasteiger partial charge is 0.356 e. The lowest BCUT2D eigenvalue weighted by atomic mass is 9.98. The summed E-state index contributed by atoms with van der Waals surface area (Å²) in [7, 11) is 0. The first-order valence-corrected chi connectivity index (χ1v) is 6.42. The molecule has 2 rings (SSSR count). The maximum Gasteiger partial charge on any atom is 0.356 e. The van der Waals surface area contributed by atoms with Crippen LogP contribution in [0.15, 0.2) is 16.5 Å². The molecule has 0 saturated heterocycles. The molecule has 1 N–H and O–H groups in total. The lowest BCUT2D eigenvalue weighted by Gasteiger charge is -2.13. The molecule has 0 fully saturated rings. The number of carboxylic acids is 1. The van der Waals surface area contributed by atoms with Crippen LogP contribution >= 0.6 is 11.3 Å². The van der Waals surface area contributed by atoms with Gasteiger partial charge in [-0.15, -0.1) is 11.3 Å². The summed E-state index contributed by atoms with van der Waals surface area (Å²) in [4.78, 5) is 16.1. The van der Waals surface area contributed by atoms with Crippen LogP contribution in [0.1, 0.15) is 42.0 Å². The summed E-state index contributed by atoms with van der Waals surface area (Å²) in [6, 6.07) is 3.60. The highest BCUT2D eigenvalue weighted by Gasteiger charge is 2.26. The summed E-state index contributed by atoms with van der Waals surface area (Å²) in [5.74, 6) is 0.302. The third kappa shape index (κ3) is 2.31. The molecule has 2 aromatic heterocycles. The Balaban J connectivity index is 2.59. The molecule has 0 radical (unpaired) electrons. The average molecular weight is 265 g/mol. The van der Waals surface area contributed by atoms with Gasteiger partial charge in [0.15, 0.2) is 5.69 Å². The van der Waals surface area contributed by atoms with Crippen molar-refractivity contribution < 1.29 is 14.3 Å². The van der Waals surface area contributed by atoms with E-state index < -0.39 is 5.97 Å². The zero-order valence-electron chi connectivity index (χ0n) is 10.8. The molecule has 0 atom stereocenters. The maximum atomic E-state index is 11.2. The van der Waals surface area contributed by atoms with Gasteiger partial charge in [0, 0.05) is 5.41 Å². The van der Waals surface area contributed by atoms with Crippen molar-refractivity contribution in [1.82, 2.24) is 4.98 Å². The quantitative estimate of drug-likeness (QED) is 0.899. The Bertz CT molecular complexity index is 590. The van der Waals surface area contributed by atoms with Crippen LogP contribution < -0.4 is 0 Å². The van der Waals surface area contributed by atoms with Gasteiger partial charge in [0.05, 0.1) is 5.01 Å². The molecule has 0 spiro atoms. The van der Waals surface area contributed by atoms with Crippen LogP contribution in [-0.2, 0) is 5.41 Å². The number of nitrogens with zero attached hydrogens (tertiary/aromatic N) is 1. The molecule has 4 nitrogen and oxygen atoms in total. The number of thiazole rings is 1. The fraction of sp³-hybridized carbons (Fsp3) is 0.385. The number of carbonyl (C=O) groups is 1. The Morgan fingerprint density at radius 1 is 1.39 bits per heavy atom. The Labute approximate surface area is 109 Å². The molecule has 5 heteroatoms. The van der Waals surface area contributed by atoms with Crippen LogP contribution in [0.5, 0.6) is 0 Å². The van der Waals surface area contributed by atoms with Crippen LogP contribution in [0.25, 0.3) is 10.6 Å². The Morgan fingerprint density at radius 2 is 2.06 bits per heavy atom. The zero-order valence-corrected chi connectivity index (χ0v) is 11.6. The molecule has 0 aliphatic carbocycles. The van der Waals surface area contributed by atoms with E-state index in [0.717, 1.165) is 10.8 Å². The molecule has 2 heterocycles. The molecule has 0 aliphatic rings. The Kier molecular flexibility index (Phi) is 3.02. The van der Waals surface area contributed by atoms with Crippen molar-refractivity contribution in [2.75, 3.05) is 0 Å². The fourth-order valence-electron chi connectivity index (χ4n) is 1.51. The standard InChI is InChI=1S/C13H15NO3S/c1-7-5-6-8(17-7)10-9(11(15)16)14-12(18-10)13(2,3)4/h5-6H,1-4H3,(H,15,16). The highest BCUT2D eigenvalue weighted by Crippen LogP contribution is 2.36. The second-order valence-electron chi connectivity index (χ2n) is 5.16. The highest BCUT2D eigenvalue weighted by molar-refractivity contribution is 7.15. The summed E-state index contributed by atoms with van der Waals surface area (Å²) in [5.41, 5.74) is -0.103. The third-order valence-electron chi connectivity index (χ3n) is 2.44. The average Bonchev–Trinajstić information content (AvgIpc) is 2.81. The van der Waals surface area contributed by atoms with E-state index in [4.69, 9.17) is 4.42 Å².